The van der Waals surface area contributed by atoms with Crippen molar-refractivity contribution in [2.75, 3.05) is 25.0 Å². The van der Waals surface area contributed by atoms with Gasteiger partial charge < -0.3 is 5.32 Å². The van der Waals surface area contributed by atoms with E-state index in [9.17, 15) is 0 Å². The van der Waals surface area contributed by atoms with Crippen molar-refractivity contribution < 1.29 is 0 Å². The van der Waals surface area contributed by atoms with Crippen LogP contribution in [-0.4, -0.2) is 24.5 Å². The van der Waals surface area contributed by atoms with Crippen molar-refractivity contribution in [3.05, 3.63) is 28.8 Å². The van der Waals surface area contributed by atoms with Crippen molar-refractivity contribution in [2.24, 2.45) is 5.92 Å². The summed E-state index contributed by atoms with van der Waals surface area (Å²) in [5.41, 5.74) is 5.78. The number of piperidine rings is 1. The Morgan fingerprint density at radius 1 is 1.11 bits per heavy atom. The van der Waals surface area contributed by atoms with Crippen LogP contribution in [0.25, 0.3) is 0 Å². The van der Waals surface area contributed by atoms with Gasteiger partial charge in [-0.25, -0.2) is 0 Å². The molecule has 3 rings (SSSR count). The van der Waals surface area contributed by atoms with Crippen molar-refractivity contribution in [1.82, 2.24) is 4.90 Å². The lowest BCUT2D eigenvalue weighted by atomic mass is 9.85. The zero-order valence-electron chi connectivity index (χ0n) is 12.5. The van der Waals surface area contributed by atoms with Crippen LogP contribution in [0.3, 0.4) is 0 Å². The lowest BCUT2D eigenvalue weighted by Crippen LogP contribution is -2.41. The summed E-state index contributed by atoms with van der Waals surface area (Å²) in [4.78, 5) is 2.72. The molecule has 2 atom stereocenters. The van der Waals surface area contributed by atoms with E-state index in [1.165, 1.54) is 54.7 Å². The first-order valence-corrected chi connectivity index (χ1v) is 7.76. The molecule has 19 heavy (non-hydrogen) atoms. The topological polar surface area (TPSA) is 15.3 Å². The number of aryl methyl sites for hydroxylation is 1. The summed E-state index contributed by atoms with van der Waals surface area (Å²) >= 11 is 0. The molecule has 0 spiro atoms. The number of nitrogens with one attached hydrogen (secondary N) is 1. The van der Waals surface area contributed by atoms with Crippen LogP contribution in [-0.2, 0) is 0 Å². The van der Waals surface area contributed by atoms with E-state index in [2.05, 4.69) is 43.1 Å². The van der Waals surface area contributed by atoms with E-state index in [1.807, 2.05) is 0 Å². The SMILES string of the molecule is Cc1ccc2c(c1C)NCC(C)C2N1CCCCC1. The predicted octanol–water partition coefficient (Wildman–Crippen LogP) is 3.89. The number of anilines is 1. The molecule has 2 aliphatic heterocycles. The van der Waals surface area contributed by atoms with Crippen LogP contribution in [0.15, 0.2) is 12.1 Å². The maximum Gasteiger partial charge on any atom is 0.0421 e. The highest BCUT2D eigenvalue weighted by atomic mass is 15.2. The van der Waals surface area contributed by atoms with Gasteiger partial charge in [0.15, 0.2) is 0 Å². The Bertz CT molecular complexity index is 461. The highest BCUT2D eigenvalue weighted by Crippen LogP contribution is 2.40. The number of hydrogen-bond acceptors (Lipinski definition) is 2. The molecule has 1 aromatic rings. The van der Waals surface area contributed by atoms with E-state index in [4.69, 9.17) is 0 Å². The number of rotatable bonds is 1. The fraction of sp³-hybridized carbons (Fsp3) is 0.647. The molecule has 0 aromatic heterocycles. The van der Waals surface area contributed by atoms with E-state index >= 15 is 0 Å². The molecule has 1 saturated heterocycles. The van der Waals surface area contributed by atoms with Crippen LogP contribution in [0.2, 0.25) is 0 Å². The van der Waals surface area contributed by atoms with Gasteiger partial charge in [0.2, 0.25) is 0 Å². The number of fused-ring (bicyclic) bond motifs is 1. The Balaban J connectivity index is 1.99. The Labute approximate surface area is 117 Å². The summed E-state index contributed by atoms with van der Waals surface area (Å²) in [6.45, 7) is 10.5. The normalized spacial score (nSPS) is 27.7. The number of hydrogen-bond donors (Lipinski definition) is 1. The van der Waals surface area contributed by atoms with Crippen LogP contribution >= 0.6 is 0 Å². The zero-order chi connectivity index (χ0) is 13.4. The number of likely N-dealkylation sites (tertiary alicyclic amines) is 1. The zero-order valence-corrected chi connectivity index (χ0v) is 12.5. The van der Waals surface area contributed by atoms with E-state index < -0.39 is 0 Å². The molecule has 2 nitrogen and oxygen atoms in total. The molecular formula is C17H26N2. The van der Waals surface area contributed by atoms with Crippen LogP contribution in [0, 0.1) is 19.8 Å². The summed E-state index contributed by atoms with van der Waals surface area (Å²) in [5, 5.41) is 3.66. The Hall–Kier alpha value is -1.02. The molecule has 0 bridgehead atoms. The number of benzene rings is 1. The third-order valence-electron chi connectivity index (χ3n) is 5.01. The maximum atomic E-state index is 3.66. The first-order valence-electron chi connectivity index (χ1n) is 7.76. The maximum absolute atomic E-state index is 3.66. The Morgan fingerprint density at radius 2 is 1.84 bits per heavy atom. The molecule has 0 saturated carbocycles. The molecule has 1 N–H and O–H groups in total. The van der Waals surface area contributed by atoms with Crippen molar-refractivity contribution in [3.63, 3.8) is 0 Å². The first kappa shape index (κ1) is 13.0. The van der Waals surface area contributed by atoms with Gasteiger partial charge in [-0.1, -0.05) is 25.5 Å². The van der Waals surface area contributed by atoms with E-state index in [0.29, 0.717) is 12.0 Å². The summed E-state index contributed by atoms with van der Waals surface area (Å²) in [6, 6.07) is 5.28. The standard InChI is InChI=1S/C17H26N2/c1-12-7-8-15-16(14(12)3)18-11-13(2)17(15)19-9-5-4-6-10-19/h7-8,13,17-18H,4-6,9-11H2,1-3H3. The molecule has 1 fully saturated rings. The molecule has 2 aliphatic rings. The highest BCUT2D eigenvalue weighted by molar-refractivity contribution is 5.62. The third-order valence-corrected chi connectivity index (χ3v) is 5.01. The second kappa shape index (κ2) is 5.16. The smallest absolute Gasteiger partial charge is 0.0421 e. The average Bonchev–Trinajstić information content (AvgIpc) is 2.44. The Kier molecular flexibility index (Phi) is 3.53. The van der Waals surface area contributed by atoms with Crippen LogP contribution in [0.4, 0.5) is 5.69 Å². The summed E-state index contributed by atoms with van der Waals surface area (Å²) in [6.07, 6.45) is 4.16. The fourth-order valence-electron chi connectivity index (χ4n) is 3.75. The van der Waals surface area contributed by atoms with Gasteiger partial charge in [-0.2, -0.15) is 0 Å². The van der Waals surface area contributed by atoms with Gasteiger partial charge in [-0.05, 0) is 62.4 Å². The van der Waals surface area contributed by atoms with E-state index in [-0.39, 0.29) is 0 Å². The lowest BCUT2D eigenvalue weighted by Gasteiger charge is -2.42. The molecule has 0 radical (unpaired) electrons. The highest BCUT2D eigenvalue weighted by Gasteiger charge is 2.32. The van der Waals surface area contributed by atoms with Gasteiger partial charge in [-0.3, -0.25) is 4.90 Å². The van der Waals surface area contributed by atoms with Gasteiger partial charge in [0, 0.05) is 18.3 Å². The summed E-state index contributed by atoms with van der Waals surface area (Å²) < 4.78 is 0. The Morgan fingerprint density at radius 3 is 2.58 bits per heavy atom. The van der Waals surface area contributed by atoms with Crippen molar-refractivity contribution in [3.8, 4) is 0 Å². The second-order valence-corrected chi connectivity index (χ2v) is 6.37. The van der Waals surface area contributed by atoms with Gasteiger partial charge >= 0.3 is 0 Å². The molecular weight excluding hydrogens is 232 g/mol. The van der Waals surface area contributed by atoms with Gasteiger partial charge in [-0.15, -0.1) is 0 Å². The first-order chi connectivity index (χ1) is 9.18. The molecule has 2 unspecified atom stereocenters. The van der Waals surface area contributed by atoms with Gasteiger partial charge in [0.05, 0.1) is 0 Å². The fourth-order valence-corrected chi connectivity index (χ4v) is 3.75. The summed E-state index contributed by atoms with van der Waals surface area (Å²) in [7, 11) is 0. The predicted molar refractivity (Wildman–Crippen MR) is 81.7 cm³/mol. The molecule has 0 aliphatic carbocycles. The molecule has 0 amide bonds. The van der Waals surface area contributed by atoms with Crippen LogP contribution in [0.1, 0.15) is 48.9 Å². The lowest BCUT2D eigenvalue weighted by molar-refractivity contribution is 0.123. The molecule has 2 heteroatoms. The van der Waals surface area contributed by atoms with Crippen molar-refractivity contribution >= 4 is 5.69 Å². The second-order valence-electron chi connectivity index (χ2n) is 6.37. The largest absolute Gasteiger partial charge is 0.384 e. The third kappa shape index (κ3) is 2.27. The van der Waals surface area contributed by atoms with E-state index in [0.717, 1.165) is 6.54 Å². The van der Waals surface area contributed by atoms with Crippen molar-refractivity contribution in [1.29, 1.82) is 0 Å². The minimum Gasteiger partial charge on any atom is -0.384 e. The minimum absolute atomic E-state index is 0.621. The molecule has 2 heterocycles. The quantitative estimate of drug-likeness (QED) is 0.822. The average molecular weight is 258 g/mol. The van der Waals surface area contributed by atoms with Gasteiger partial charge in [0.25, 0.3) is 0 Å². The number of nitrogens with zero attached hydrogens (tertiary/aromatic N) is 1. The monoisotopic (exact) mass is 258 g/mol. The molecule has 1 aromatic carbocycles. The molecule has 104 valence electrons. The van der Waals surface area contributed by atoms with Crippen LogP contribution in [0.5, 0.6) is 0 Å². The summed E-state index contributed by atoms with van der Waals surface area (Å²) in [5.74, 6) is 0.702. The minimum atomic E-state index is 0.621. The van der Waals surface area contributed by atoms with Crippen molar-refractivity contribution in [2.45, 2.75) is 46.1 Å². The van der Waals surface area contributed by atoms with Gasteiger partial charge in [0.1, 0.15) is 0 Å². The van der Waals surface area contributed by atoms with Crippen LogP contribution < -0.4 is 5.32 Å². The van der Waals surface area contributed by atoms with E-state index in [1.54, 1.807) is 0 Å².